The second-order valence-electron chi connectivity index (χ2n) is 6.33. The molecule has 4 nitrogen and oxygen atoms in total. The van der Waals surface area contributed by atoms with Crippen LogP contribution in [0.5, 0.6) is 0 Å². The van der Waals surface area contributed by atoms with Crippen molar-refractivity contribution in [3.05, 3.63) is 84.4 Å². The van der Waals surface area contributed by atoms with E-state index in [1.54, 1.807) is 13.2 Å². The Morgan fingerprint density at radius 3 is 2.08 bits per heavy atom. The summed E-state index contributed by atoms with van der Waals surface area (Å²) in [5.74, 6) is 0. The van der Waals surface area contributed by atoms with Crippen molar-refractivity contribution in [2.45, 2.75) is 44.2 Å². The zero-order chi connectivity index (χ0) is 18.2. The topological polar surface area (TPSA) is 36.9 Å². The van der Waals surface area contributed by atoms with Gasteiger partial charge in [0, 0.05) is 13.5 Å². The van der Waals surface area contributed by atoms with E-state index in [-0.39, 0.29) is 24.6 Å². The van der Waals surface area contributed by atoms with Crippen molar-refractivity contribution in [3.8, 4) is 0 Å². The van der Waals surface area contributed by atoms with Gasteiger partial charge in [-0.3, -0.25) is 0 Å². The Bertz CT molecular complexity index is 658. The molecule has 0 spiro atoms. The van der Waals surface area contributed by atoms with Gasteiger partial charge in [-0.1, -0.05) is 66.7 Å². The molecule has 2 aromatic rings. The van der Waals surface area contributed by atoms with Gasteiger partial charge >= 0.3 is 0 Å². The molecule has 1 heterocycles. The standard InChI is InChI=1S/C22H26O4/c1-3-19-22(25-16-18-12-8-5-9-13-18)20(14-21(23-2)26-19)24-15-17-10-6-4-7-11-17/h3-13,19-22H,1,14-16H2,2H3/t19-,20-,21+,22-/m1/s1. The molecular formula is C22H26O4. The molecule has 1 aliphatic rings. The Morgan fingerprint density at radius 1 is 0.962 bits per heavy atom. The van der Waals surface area contributed by atoms with Crippen molar-refractivity contribution in [2.75, 3.05) is 7.11 Å². The fraction of sp³-hybridized carbons (Fsp3) is 0.364. The van der Waals surface area contributed by atoms with Gasteiger partial charge in [0.25, 0.3) is 0 Å². The predicted octanol–water partition coefficient (Wildman–Crippen LogP) is 4.10. The van der Waals surface area contributed by atoms with Gasteiger partial charge in [-0.25, -0.2) is 0 Å². The maximum Gasteiger partial charge on any atom is 0.160 e. The molecule has 3 rings (SSSR count). The van der Waals surface area contributed by atoms with Gasteiger partial charge in [0.05, 0.1) is 19.3 Å². The lowest BCUT2D eigenvalue weighted by Crippen LogP contribution is -2.50. The lowest BCUT2D eigenvalue weighted by Gasteiger charge is -2.39. The molecule has 0 aromatic heterocycles. The van der Waals surface area contributed by atoms with E-state index < -0.39 is 0 Å². The second kappa shape index (κ2) is 9.64. The summed E-state index contributed by atoms with van der Waals surface area (Å²) in [5.41, 5.74) is 2.25. The van der Waals surface area contributed by atoms with E-state index in [0.717, 1.165) is 11.1 Å². The fourth-order valence-corrected chi connectivity index (χ4v) is 3.09. The second-order valence-corrected chi connectivity index (χ2v) is 6.33. The summed E-state index contributed by atoms with van der Waals surface area (Å²) in [6.45, 7) is 4.92. The van der Waals surface area contributed by atoms with Crippen LogP contribution >= 0.6 is 0 Å². The average molecular weight is 354 g/mol. The van der Waals surface area contributed by atoms with Crippen LogP contribution < -0.4 is 0 Å². The number of rotatable bonds is 8. The minimum Gasteiger partial charge on any atom is -0.371 e. The first-order valence-corrected chi connectivity index (χ1v) is 8.92. The maximum absolute atomic E-state index is 6.20. The number of methoxy groups -OCH3 is 1. The van der Waals surface area contributed by atoms with E-state index in [4.69, 9.17) is 18.9 Å². The Morgan fingerprint density at radius 2 is 1.54 bits per heavy atom. The number of benzene rings is 2. The minimum absolute atomic E-state index is 0.138. The lowest BCUT2D eigenvalue weighted by molar-refractivity contribution is -0.251. The Kier molecular flexibility index (Phi) is 6.97. The molecule has 0 aliphatic carbocycles. The fourth-order valence-electron chi connectivity index (χ4n) is 3.09. The molecule has 26 heavy (non-hydrogen) atoms. The van der Waals surface area contributed by atoms with Crippen LogP contribution in [0.1, 0.15) is 17.5 Å². The highest BCUT2D eigenvalue weighted by atomic mass is 16.7. The normalized spacial score (nSPS) is 25.7. The van der Waals surface area contributed by atoms with Gasteiger partial charge in [0.15, 0.2) is 6.29 Å². The number of hydrogen-bond donors (Lipinski definition) is 0. The summed E-state index contributed by atoms with van der Waals surface area (Å²) in [5, 5.41) is 0. The minimum atomic E-state index is -0.324. The zero-order valence-electron chi connectivity index (χ0n) is 15.1. The van der Waals surface area contributed by atoms with Gasteiger partial charge in [0.1, 0.15) is 12.2 Å². The van der Waals surface area contributed by atoms with Crippen molar-refractivity contribution in [3.63, 3.8) is 0 Å². The average Bonchev–Trinajstić information content (AvgIpc) is 2.72. The van der Waals surface area contributed by atoms with E-state index in [1.165, 1.54) is 0 Å². The number of hydrogen-bond acceptors (Lipinski definition) is 4. The van der Waals surface area contributed by atoms with Gasteiger partial charge < -0.3 is 18.9 Å². The van der Waals surface area contributed by atoms with Gasteiger partial charge in [-0.05, 0) is 11.1 Å². The summed E-state index contributed by atoms with van der Waals surface area (Å²) in [6, 6.07) is 20.2. The predicted molar refractivity (Wildman–Crippen MR) is 101 cm³/mol. The molecule has 0 N–H and O–H groups in total. The molecule has 0 amide bonds. The van der Waals surface area contributed by atoms with Crippen LogP contribution in [0.15, 0.2) is 73.3 Å². The van der Waals surface area contributed by atoms with E-state index >= 15 is 0 Å². The molecule has 0 saturated carbocycles. The third-order valence-corrected chi connectivity index (χ3v) is 4.51. The van der Waals surface area contributed by atoms with E-state index in [2.05, 4.69) is 18.7 Å². The molecule has 1 saturated heterocycles. The van der Waals surface area contributed by atoms with Crippen molar-refractivity contribution in [1.82, 2.24) is 0 Å². The van der Waals surface area contributed by atoms with Crippen molar-refractivity contribution < 1.29 is 18.9 Å². The first-order valence-electron chi connectivity index (χ1n) is 8.92. The Hall–Kier alpha value is -1.98. The monoisotopic (exact) mass is 354 g/mol. The highest BCUT2D eigenvalue weighted by Crippen LogP contribution is 2.28. The third-order valence-electron chi connectivity index (χ3n) is 4.51. The molecule has 0 bridgehead atoms. The molecule has 0 radical (unpaired) electrons. The van der Waals surface area contributed by atoms with Crippen LogP contribution in [0.2, 0.25) is 0 Å². The van der Waals surface area contributed by atoms with E-state index in [9.17, 15) is 0 Å². The van der Waals surface area contributed by atoms with E-state index in [0.29, 0.717) is 19.6 Å². The molecule has 4 heteroatoms. The molecule has 1 fully saturated rings. The van der Waals surface area contributed by atoms with Crippen molar-refractivity contribution >= 4 is 0 Å². The largest absolute Gasteiger partial charge is 0.371 e. The molecular weight excluding hydrogens is 328 g/mol. The van der Waals surface area contributed by atoms with Crippen molar-refractivity contribution in [2.24, 2.45) is 0 Å². The van der Waals surface area contributed by atoms with Crippen LogP contribution in [-0.2, 0) is 32.2 Å². The lowest BCUT2D eigenvalue weighted by atomic mass is 10.0. The molecule has 1 aliphatic heterocycles. The quantitative estimate of drug-likeness (QED) is 0.669. The molecule has 0 unspecified atom stereocenters. The zero-order valence-corrected chi connectivity index (χ0v) is 15.1. The SMILES string of the molecule is C=C[C@H]1O[C@H](OC)C[C@@H](OCc2ccccc2)[C@@H]1OCc1ccccc1. The Labute approximate surface area is 155 Å². The molecule has 138 valence electrons. The highest BCUT2D eigenvalue weighted by molar-refractivity contribution is 5.14. The summed E-state index contributed by atoms with van der Waals surface area (Å²) >= 11 is 0. The van der Waals surface area contributed by atoms with E-state index in [1.807, 2.05) is 48.5 Å². The highest BCUT2D eigenvalue weighted by Gasteiger charge is 2.39. The Balaban J connectivity index is 1.68. The summed E-state index contributed by atoms with van der Waals surface area (Å²) in [4.78, 5) is 0. The maximum atomic E-state index is 6.20. The third kappa shape index (κ3) is 5.02. The first kappa shape index (κ1) is 18.8. The van der Waals surface area contributed by atoms with Crippen LogP contribution in [0, 0.1) is 0 Å². The number of ether oxygens (including phenoxy) is 4. The van der Waals surface area contributed by atoms with Gasteiger partial charge in [-0.15, -0.1) is 6.58 Å². The first-order chi connectivity index (χ1) is 12.8. The van der Waals surface area contributed by atoms with Crippen LogP contribution in [0.25, 0.3) is 0 Å². The van der Waals surface area contributed by atoms with Crippen LogP contribution in [0.3, 0.4) is 0 Å². The smallest absolute Gasteiger partial charge is 0.160 e. The van der Waals surface area contributed by atoms with Gasteiger partial charge in [0.2, 0.25) is 0 Å². The summed E-state index contributed by atoms with van der Waals surface area (Å²) in [7, 11) is 1.64. The van der Waals surface area contributed by atoms with Crippen LogP contribution in [0.4, 0.5) is 0 Å². The molecule has 4 atom stereocenters. The summed E-state index contributed by atoms with van der Waals surface area (Å²) in [6.07, 6.45) is 1.41. The van der Waals surface area contributed by atoms with Crippen molar-refractivity contribution in [1.29, 1.82) is 0 Å². The molecule has 2 aromatic carbocycles. The van der Waals surface area contributed by atoms with Crippen LogP contribution in [-0.4, -0.2) is 31.7 Å². The van der Waals surface area contributed by atoms with Gasteiger partial charge in [-0.2, -0.15) is 0 Å². The summed E-state index contributed by atoms with van der Waals surface area (Å²) < 4.78 is 23.7.